The van der Waals surface area contributed by atoms with Crippen LogP contribution in [-0.4, -0.2) is 63.1 Å². The summed E-state index contributed by atoms with van der Waals surface area (Å²) in [7, 11) is -3.59. The van der Waals surface area contributed by atoms with Gasteiger partial charge >= 0.3 is 0 Å². The topological polar surface area (TPSA) is 87.7 Å². The minimum absolute atomic E-state index is 0. The summed E-state index contributed by atoms with van der Waals surface area (Å²) in [6.07, 6.45) is 0.748. The Labute approximate surface area is 173 Å². The molecule has 0 saturated carbocycles. The molecule has 1 aromatic carbocycles. The molecule has 0 spiro atoms. The number of rotatable bonds is 4. The SMILES string of the molecule is CC1CN(S(=O)(=O)c2ccc(C(=O)NC3CNCCC3C)cc2)CC(C)O1.Cl. The number of ether oxygens (including phenoxy) is 1. The van der Waals surface area contributed by atoms with Crippen LogP contribution < -0.4 is 10.6 Å². The molecule has 3 rings (SSSR count). The van der Waals surface area contributed by atoms with Crippen LogP contribution in [0.25, 0.3) is 0 Å². The maximum absolute atomic E-state index is 12.9. The van der Waals surface area contributed by atoms with Crippen LogP contribution in [0.15, 0.2) is 29.2 Å². The van der Waals surface area contributed by atoms with Crippen molar-refractivity contribution in [2.45, 2.75) is 50.3 Å². The van der Waals surface area contributed by atoms with Gasteiger partial charge < -0.3 is 15.4 Å². The summed E-state index contributed by atoms with van der Waals surface area (Å²) in [6.45, 7) is 8.26. The van der Waals surface area contributed by atoms with E-state index in [0.717, 1.165) is 19.5 Å². The number of carbonyl (C=O) groups excluding carboxylic acids is 1. The van der Waals surface area contributed by atoms with Gasteiger partial charge in [0.2, 0.25) is 10.0 Å². The van der Waals surface area contributed by atoms with Crippen LogP contribution in [0.5, 0.6) is 0 Å². The third-order valence-electron chi connectivity index (χ3n) is 5.28. The highest BCUT2D eigenvalue weighted by Gasteiger charge is 2.32. The molecule has 2 aliphatic heterocycles. The van der Waals surface area contributed by atoms with E-state index < -0.39 is 10.0 Å². The van der Waals surface area contributed by atoms with E-state index >= 15 is 0 Å². The second kappa shape index (κ2) is 9.54. The average molecular weight is 432 g/mol. The molecule has 2 N–H and O–H groups in total. The Morgan fingerprint density at radius 3 is 2.32 bits per heavy atom. The van der Waals surface area contributed by atoms with Gasteiger partial charge in [-0.1, -0.05) is 6.92 Å². The number of hydrogen-bond acceptors (Lipinski definition) is 5. The van der Waals surface area contributed by atoms with Crippen molar-refractivity contribution >= 4 is 28.3 Å². The Kier molecular flexibility index (Phi) is 7.87. The van der Waals surface area contributed by atoms with Crippen molar-refractivity contribution < 1.29 is 17.9 Å². The van der Waals surface area contributed by atoms with Gasteiger partial charge in [0.1, 0.15) is 0 Å². The lowest BCUT2D eigenvalue weighted by Gasteiger charge is -2.34. The molecule has 2 heterocycles. The summed E-state index contributed by atoms with van der Waals surface area (Å²) >= 11 is 0. The molecule has 9 heteroatoms. The number of sulfonamides is 1. The van der Waals surface area contributed by atoms with Crippen LogP contribution in [0.2, 0.25) is 0 Å². The fraction of sp³-hybridized carbons (Fsp3) is 0.632. The number of morpholine rings is 1. The van der Waals surface area contributed by atoms with Crippen LogP contribution in [0.1, 0.15) is 37.6 Å². The number of halogens is 1. The number of nitrogens with one attached hydrogen (secondary N) is 2. The lowest BCUT2D eigenvalue weighted by molar-refractivity contribution is -0.0440. The molecule has 0 aliphatic carbocycles. The zero-order valence-corrected chi connectivity index (χ0v) is 18.2. The first-order valence-corrected chi connectivity index (χ1v) is 11.0. The Morgan fingerprint density at radius 1 is 1.14 bits per heavy atom. The summed E-state index contributed by atoms with van der Waals surface area (Å²) in [5.41, 5.74) is 0.468. The number of amides is 1. The van der Waals surface area contributed by atoms with Crippen molar-refractivity contribution in [2.75, 3.05) is 26.2 Å². The minimum Gasteiger partial charge on any atom is -0.373 e. The van der Waals surface area contributed by atoms with Crippen molar-refractivity contribution in [3.8, 4) is 0 Å². The van der Waals surface area contributed by atoms with Gasteiger partial charge in [0, 0.05) is 31.2 Å². The number of piperidine rings is 1. The van der Waals surface area contributed by atoms with E-state index in [-0.39, 0.29) is 41.5 Å². The molecule has 28 heavy (non-hydrogen) atoms. The molecule has 2 saturated heterocycles. The monoisotopic (exact) mass is 431 g/mol. The molecule has 0 aromatic heterocycles. The zero-order valence-electron chi connectivity index (χ0n) is 16.6. The van der Waals surface area contributed by atoms with Gasteiger partial charge in [-0.15, -0.1) is 12.4 Å². The highest BCUT2D eigenvalue weighted by molar-refractivity contribution is 7.89. The van der Waals surface area contributed by atoms with E-state index in [4.69, 9.17) is 4.74 Å². The second-order valence-corrected chi connectivity index (χ2v) is 9.59. The van der Waals surface area contributed by atoms with Crippen molar-refractivity contribution in [3.63, 3.8) is 0 Å². The first-order valence-electron chi connectivity index (χ1n) is 9.54. The third kappa shape index (κ3) is 5.24. The van der Waals surface area contributed by atoms with Crippen molar-refractivity contribution in [1.29, 1.82) is 0 Å². The predicted molar refractivity (Wildman–Crippen MR) is 110 cm³/mol. The first kappa shape index (κ1) is 23.1. The summed E-state index contributed by atoms with van der Waals surface area (Å²) in [4.78, 5) is 12.7. The maximum atomic E-state index is 12.9. The van der Waals surface area contributed by atoms with Gasteiger partial charge in [0.05, 0.1) is 17.1 Å². The predicted octanol–water partition coefficient (Wildman–Crippen LogP) is 1.63. The standard InChI is InChI=1S/C19H29N3O4S.ClH/c1-13-8-9-20-10-18(13)21-19(23)16-4-6-17(7-5-16)27(24,25)22-11-14(2)26-15(3)12-22;/h4-7,13-15,18,20H,8-12H2,1-3H3,(H,21,23);1H. The summed E-state index contributed by atoms with van der Waals surface area (Å²) in [5.74, 6) is 0.244. The van der Waals surface area contributed by atoms with E-state index in [0.29, 0.717) is 24.6 Å². The van der Waals surface area contributed by atoms with Crippen molar-refractivity contribution in [3.05, 3.63) is 29.8 Å². The summed E-state index contributed by atoms with van der Waals surface area (Å²) < 4.78 is 32.8. The highest BCUT2D eigenvalue weighted by atomic mass is 35.5. The Morgan fingerprint density at radius 2 is 1.75 bits per heavy atom. The molecule has 4 atom stereocenters. The molecule has 158 valence electrons. The lowest BCUT2D eigenvalue weighted by Crippen LogP contribution is -2.50. The van der Waals surface area contributed by atoms with Crippen molar-refractivity contribution in [2.24, 2.45) is 5.92 Å². The average Bonchev–Trinajstić information content (AvgIpc) is 2.63. The Balaban J connectivity index is 0.00000280. The number of carbonyl (C=O) groups is 1. The minimum atomic E-state index is -3.59. The van der Waals surface area contributed by atoms with Crippen molar-refractivity contribution in [1.82, 2.24) is 14.9 Å². The molecule has 1 aromatic rings. The molecule has 1 amide bonds. The highest BCUT2D eigenvalue weighted by Crippen LogP contribution is 2.21. The third-order valence-corrected chi connectivity index (χ3v) is 7.13. The molecule has 0 radical (unpaired) electrons. The smallest absolute Gasteiger partial charge is 0.251 e. The van der Waals surface area contributed by atoms with Gasteiger partial charge in [0.25, 0.3) is 5.91 Å². The fourth-order valence-electron chi connectivity index (χ4n) is 3.69. The van der Waals surface area contributed by atoms with Crippen LogP contribution in [0, 0.1) is 5.92 Å². The molecule has 0 bridgehead atoms. The fourth-order valence-corrected chi connectivity index (χ4v) is 5.28. The molecular formula is C19H30ClN3O4S. The zero-order chi connectivity index (χ0) is 19.6. The number of nitrogens with zero attached hydrogens (tertiary/aromatic N) is 1. The van der Waals surface area contributed by atoms with E-state index in [2.05, 4.69) is 17.6 Å². The molecular weight excluding hydrogens is 402 g/mol. The summed E-state index contributed by atoms with van der Waals surface area (Å²) in [5, 5.41) is 6.32. The Bertz CT molecular complexity index is 762. The number of hydrogen-bond donors (Lipinski definition) is 2. The van der Waals surface area contributed by atoms with E-state index in [1.807, 2.05) is 13.8 Å². The van der Waals surface area contributed by atoms with E-state index in [1.54, 1.807) is 12.1 Å². The second-order valence-electron chi connectivity index (χ2n) is 7.65. The molecule has 4 unspecified atom stereocenters. The van der Waals surface area contributed by atoms with E-state index in [1.165, 1.54) is 16.4 Å². The molecule has 7 nitrogen and oxygen atoms in total. The van der Waals surface area contributed by atoms with E-state index in [9.17, 15) is 13.2 Å². The maximum Gasteiger partial charge on any atom is 0.251 e. The normalized spacial score (nSPS) is 29.0. The lowest BCUT2D eigenvalue weighted by atomic mass is 9.94. The molecule has 2 fully saturated rings. The van der Waals surface area contributed by atoms with Gasteiger partial charge in [0.15, 0.2) is 0 Å². The Hall–Kier alpha value is -1.19. The first-order chi connectivity index (χ1) is 12.8. The van der Waals surface area contributed by atoms with Gasteiger partial charge in [-0.3, -0.25) is 4.79 Å². The number of benzene rings is 1. The summed E-state index contributed by atoms with van der Waals surface area (Å²) in [6, 6.07) is 6.27. The van der Waals surface area contributed by atoms with Gasteiger partial charge in [-0.05, 0) is 57.0 Å². The van der Waals surface area contributed by atoms with Crippen LogP contribution in [0.4, 0.5) is 0 Å². The molecule has 2 aliphatic rings. The quantitative estimate of drug-likeness (QED) is 0.756. The largest absolute Gasteiger partial charge is 0.373 e. The van der Waals surface area contributed by atoms with Gasteiger partial charge in [-0.2, -0.15) is 4.31 Å². The van der Waals surface area contributed by atoms with Crippen LogP contribution in [0.3, 0.4) is 0 Å². The van der Waals surface area contributed by atoms with Crippen LogP contribution >= 0.6 is 12.4 Å². The van der Waals surface area contributed by atoms with Gasteiger partial charge in [-0.25, -0.2) is 8.42 Å². The van der Waals surface area contributed by atoms with Crippen LogP contribution in [-0.2, 0) is 14.8 Å².